The van der Waals surface area contributed by atoms with E-state index in [9.17, 15) is 9.18 Å². The number of hydrogen-bond acceptors (Lipinski definition) is 4. The molecule has 0 saturated carbocycles. The largest absolute Gasteiger partial charge is 0.379 e. The minimum Gasteiger partial charge on any atom is -0.379 e. The summed E-state index contributed by atoms with van der Waals surface area (Å²) in [4.78, 5) is 14.2. The first-order chi connectivity index (χ1) is 12.1. The topological polar surface area (TPSA) is 50.8 Å². The Balaban J connectivity index is 1.60. The van der Waals surface area contributed by atoms with E-state index in [0.717, 1.165) is 44.5 Å². The molecule has 1 aromatic rings. The first-order valence-corrected chi connectivity index (χ1v) is 8.95. The fourth-order valence-corrected chi connectivity index (χ4v) is 4.01. The lowest BCUT2D eigenvalue weighted by Gasteiger charge is -2.49. The van der Waals surface area contributed by atoms with Gasteiger partial charge in [0.2, 0.25) is 5.91 Å². The van der Waals surface area contributed by atoms with Crippen molar-refractivity contribution in [2.45, 2.75) is 31.8 Å². The molecule has 0 aromatic heterocycles. The van der Waals surface area contributed by atoms with Gasteiger partial charge in [0.05, 0.1) is 12.6 Å². The molecule has 2 aliphatic heterocycles. The van der Waals surface area contributed by atoms with Crippen LogP contribution in [0, 0.1) is 11.2 Å². The van der Waals surface area contributed by atoms with Gasteiger partial charge < -0.3 is 14.8 Å². The molecule has 5 nitrogen and oxygen atoms in total. The zero-order valence-corrected chi connectivity index (χ0v) is 14.8. The van der Waals surface area contributed by atoms with Crippen LogP contribution in [0.3, 0.4) is 0 Å². The number of hydrogen-bond donors (Lipinski definition) is 1. The van der Waals surface area contributed by atoms with Gasteiger partial charge in [0, 0.05) is 25.8 Å². The average Bonchev–Trinajstić information content (AvgIpc) is 2.61. The Morgan fingerprint density at radius 3 is 2.84 bits per heavy atom. The molecular weight excluding hydrogens is 323 g/mol. The minimum atomic E-state index is -0.140. The summed E-state index contributed by atoms with van der Waals surface area (Å²) in [6.45, 7) is 3.83. The molecule has 138 valence electrons. The highest BCUT2D eigenvalue weighted by Crippen LogP contribution is 2.41. The lowest BCUT2D eigenvalue weighted by Crippen LogP contribution is -2.57. The minimum absolute atomic E-state index is 0.0273. The van der Waals surface area contributed by atoms with E-state index >= 15 is 0 Å². The molecule has 1 atom stereocenters. The summed E-state index contributed by atoms with van der Waals surface area (Å²) < 4.78 is 24.4. The van der Waals surface area contributed by atoms with Crippen LogP contribution in [0.25, 0.3) is 0 Å². The summed E-state index contributed by atoms with van der Waals surface area (Å²) in [5, 5.41) is 3.09. The summed E-state index contributed by atoms with van der Waals surface area (Å²) in [7, 11) is 1.52. The molecule has 3 rings (SSSR count). The molecule has 0 bridgehead atoms. The second kappa shape index (κ2) is 8.25. The van der Waals surface area contributed by atoms with Crippen molar-refractivity contribution < 1.29 is 18.7 Å². The second-order valence-corrected chi connectivity index (χ2v) is 7.11. The number of amides is 1. The second-order valence-electron chi connectivity index (χ2n) is 7.11. The molecule has 1 aromatic carbocycles. The van der Waals surface area contributed by atoms with Gasteiger partial charge in [-0.15, -0.1) is 0 Å². The van der Waals surface area contributed by atoms with Crippen molar-refractivity contribution in [1.82, 2.24) is 10.2 Å². The molecule has 2 fully saturated rings. The quantitative estimate of drug-likeness (QED) is 0.882. The van der Waals surface area contributed by atoms with Crippen molar-refractivity contribution in [3.63, 3.8) is 0 Å². The van der Waals surface area contributed by atoms with Gasteiger partial charge in [-0.3, -0.25) is 9.69 Å². The summed E-state index contributed by atoms with van der Waals surface area (Å²) in [6.07, 6.45) is 2.93. The van der Waals surface area contributed by atoms with E-state index in [2.05, 4.69) is 10.2 Å². The maximum Gasteiger partial charge on any atom is 0.246 e. The molecule has 2 saturated heterocycles. The monoisotopic (exact) mass is 350 g/mol. The van der Waals surface area contributed by atoms with Crippen molar-refractivity contribution in [2.24, 2.45) is 5.41 Å². The molecule has 6 heteroatoms. The smallest absolute Gasteiger partial charge is 0.246 e. The van der Waals surface area contributed by atoms with E-state index in [1.807, 2.05) is 12.1 Å². The predicted octanol–water partition coefficient (Wildman–Crippen LogP) is 1.96. The molecule has 1 amide bonds. The third-order valence-electron chi connectivity index (χ3n) is 5.58. The van der Waals surface area contributed by atoms with Crippen LogP contribution in [0.5, 0.6) is 0 Å². The van der Waals surface area contributed by atoms with Crippen molar-refractivity contribution in [3.8, 4) is 0 Å². The predicted molar refractivity (Wildman–Crippen MR) is 92.6 cm³/mol. The number of halogens is 1. The van der Waals surface area contributed by atoms with E-state index < -0.39 is 0 Å². The molecule has 1 N–H and O–H groups in total. The molecule has 2 aliphatic rings. The van der Waals surface area contributed by atoms with Crippen LogP contribution in [0.15, 0.2) is 24.3 Å². The molecule has 0 radical (unpaired) electrons. The number of piperidine rings is 1. The summed E-state index contributed by atoms with van der Waals surface area (Å²) in [6, 6.07) is 6.99. The molecule has 0 unspecified atom stereocenters. The number of ether oxygens (including phenoxy) is 2. The first-order valence-electron chi connectivity index (χ1n) is 8.95. The number of nitrogens with one attached hydrogen (secondary N) is 1. The van der Waals surface area contributed by atoms with E-state index in [1.165, 1.54) is 13.2 Å². The molecular formula is C19H27FN2O3. The zero-order valence-electron chi connectivity index (χ0n) is 14.8. The molecule has 25 heavy (non-hydrogen) atoms. The molecule has 1 spiro atoms. The van der Waals surface area contributed by atoms with Gasteiger partial charge in [-0.1, -0.05) is 18.2 Å². The van der Waals surface area contributed by atoms with Gasteiger partial charge in [-0.2, -0.15) is 0 Å². The fraction of sp³-hybridized carbons (Fsp3) is 0.632. The Morgan fingerprint density at radius 2 is 2.12 bits per heavy atom. The number of nitrogens with zero attached hydrogens (tertiary/aromatic N) is 1. The highest BCUT2D eigenvalue weighted by Gasteiger charge is 2.44. The Kier molecular flexibility index (Phi) is 6.04. The number of methoxy groups -OCH3 is 1. The van der Waals surface area contributed by atoms with E-state index in [1.54, 1.807) is 6.07 Å². The van der Waals surface area contributed by atoms with Gasteiger partial charge in [-0.25, -0.2) is 4.39 Å². The van der Waals surface area contributed by atoms with Crippen LogP contribution >= 0.6 is 0 Å². The number of rotatable bonds is 5. The van der Waals surface area contributed by atoms with Crippen molar-refractivity contribution in [2.75, 3.05) is 40.0 Å². The van der Waals surface area contributed by atoms with Crippen molar-refractivity contribution in [3.05, 3.63) is 35.6 Å². The van der Waals surface area contributed by atoms with E-state index in [-0.39, 0.29) is 29.8 Å². The van der Waals surface area contributed by atoms with Gasteiger partial charge in [-0.05, 0) is 43.8 Å². The maximum absolute atomic E-state index is 13.9. The lowest BCUT2D eigenvalue weighted by molar-refractivity contribution is -0.130. The summed E-state index contributed by atoms with van der Waals surface area (Å²) >= 11 is 0. The van der Waals surface area contributed by atoms with Crippen LogP contribution in [-0.4, -0.2) is 56.9 Å². The highest BCUT2D eigenvalue weighted by atomic mass is 19.1. The van der Waals surface area contributed by atoms with Crippen LogP contribution in [0.1, 0.15) is 24.8 Å². The first kappa shape index (κ1) is 18.3. The van der Waals surface area contributed by atoms with Crippen LogP contribution in [-0.2, 0) is 20.8 Å². The van der Waals surface area contributed by atoms with Crippen LogP contribution < -0.4 is 5.32 Å². The summed E-state index contributed by atoms with van der Waals surface area (Å²) in [5.41, 5.74) is 0.822. The summed E-state index contributed by atoms with van der Waals surface area (Å²) in [5.74, 6) is -0.232. The zero-order chi connectivity index (χ0) is 17.7. The lowest BCUT2D eigenvalue weighted by atomic mass is 9.69. The standard InChI is InChI=1S/C19H27FN2O3/c1-24-14-18(23)21-17-13-25-11-8-19(17)6-9-22(10-7-19)12-15-4-2-3-5-16(15)20/h2-5,17H,6-14H2,1H3,(H,21,23)/t17-/m1/s1. The van der Waals surface area contributed by atoms with Gasteiger partial charge >= 0.3 is 0 Å². The number of carbonyl (C=O) groups is 1. The number of likely N-dealkylation sites (tertiary alicyclic amines) is 1. The Morgan fingerprint density at radius 1 is 1.36 bits per heavy atom. The third kappa shape index (κ3) is 4.37. The van der Waals surface area contributed by atoms with E-state index in [4.69, 9.17) is 9.47 Å². The third-order valence-corrected chi connectivity index (χ3v) is 5.58. The fourth-order valence-electron chi connectivity index (χ4n) is 4.01. The Labute approximate surface area is 148 Å². The Hall–Kier alpha value is -1.50. The normalized spacial score (nSPS) is 23.5. The highest BCUT2D eigenvalue weighted by molar-refractivity contribution is 5.77. The Bertz CT molecular complexity index is 588. The van der Waals surface area contributed by atoms with E-state index in [0.29, 0.717) is 13.2 Å². The van der Waals surface area contributed by atoms with Crippen molar-refractivity contribution >= 4 is 5.91 Å². The average molecular weight is 350 g/mol. The number of benzene rings is 1. The van der Waals surface area contributed by atoms with Crippen LogP contribution in [0.4, 0.5) is 4.39 Å². The van der Waals surface area contributed by atoms with Crippen molar-refractivity contribution in [1.29, 1.82) is 0 Å². The molecule has 2 heterocycles. The molecule has 0 aliphatic carbocycles. The van der Waals surface area contributed by atoms with Gasteiger partial charge in [0.15, 0.2) is 0 Å². The maximum atomic E-state index is 13.9. The SMILES string of the molecule is COCC(=O)N[C@@H]1COCCC12CCN(Cc1ccccc1F)CC2. The van der Waals surface area contributed by atoms with Crippen LogP contribution in [0.2, 0.25) is 0 Å². The van der Waals surface area contributed by atoms with Gasteiger partial charge in [0.1, 0.15) is 12.4 Å². The van der Waals surface area contributed by atoms with Gasteiger partial charge in [0.25, 0.3) is 0 Å². The number of carbonyl (C=O) groups excluding carboxylic acids is 1.